The number of nitrogens with zero attached hydrogens (tertiary/aromatic N) is 2. The lowest BCUT2D eigenvalue weighted by molar-refractivity contribution is 0.445. The molecule has 0 fully saturated rings. The third kappa shape index (κ3) is 2.45. The molecule has 0 saturated heterocycles. The zero-order chi connectivity index (χ0) is 14.2. The molecule has 0 aromatic heterocycles. The number of benzene rings is 2. The third-order valence-electron chi connectivity index (χ3n) is 2.64. The first kappa shape index (κ1) is 13.5. The molecule has 0 aliphatic rings. The molecule has 0 atom stereocenters. The van der Waals surface area contributed by atoms with E-state index in [0.29, 0.717) is 10.8 Å². The van der Waals surface area contributed by atoms with Crippen LogP contribution in [-0.2, 0) is 10.1 Å². The second kappa shape index (κ2) is 4.63. The minimum atomic E-state index is -4.57. The number of phenols is 1. The summed E-state index contributed by atoms with van der Waals surface area (Å²) in [6.45, 7) is 1.82. The van der Waals surface area contributed by atoms with Crippen molar-refractivity contribution in [2.45, 2.75) is 11.8 Å². The van der Waals surface area contributed by atoms with Gasteiger partial charge in [0.2, 0.25) is 0 Å². The molecule has 2 radical (unpaired) electrons. The quantitative estimate of drug-likeness (QED) is 0.499. The Bertz CT molecular complexity index is 787. The Labute approximate surface area is 111 Å². The SMILES string of the molecule is [B]N=Nc1c(O)c(S(=O)(=O)O)cc2cc(C)ccc12. The summed E-state index contributed by atoms with van der Waals surface area (Å²) in [5.41, 5.74) is 0.780. The van der Waals surface area contributed by atoms with Crippen LogP contribution in [0.15, 0.2) is 39.3 Å². The van der Waals surface area contributed by atoms with Crippen LogP contribution in [0.3, 0.4) is 0 Å². The molecule has 0 amide bonds. The number of phenolic OH excluding ortho intramolecular Hbond substituents is 1. The largest absolute Gasteiger partial charge is 0.504 e. The lowest BCUT2D eigenvalue weighted by Gasteiger charge is -2.09. The predicted molar refractivity (Wildman–Crippen MR) is 70.4 cm³/mol. The molecule has 2 rings (SSSR count). The first-order chi connectivity index (χ1) is 8.84. The van der Waals surface area contributed by atoms with E-state index >= 15 is 0 Å². The molecule has 0 bridgehead atoms. The van der Waals surface area contributed by atoms with Crippen LogP contribution in [0.1, 0.15) is 5.56 Å². The molecule has 0 heterocycles. The van der Waals surface area contributed by atoms with Gasteiger partial charge < -0.3 is 5.11 Å². The average Bonchev–Trinajstić information content (AvgIpc) is 2.31. The Morgan fingerprint density at radius 2 is 1.95 bits per heavy atom. The van der Waals surface area contributed by atoms with E-state index in [1.807, 2.05) is 6.92 Å². The molecule has 19 heavy (non-hydrogen) atoms. The molecule has 96 valence electrons. The average molecular weight is 276 g/mol. The van der Waals surface area contributed by atoms with E-state index in [4.69, 9.17) is 12.5 Å². The van der Waals surface area contributed by atoms with Crippen molar-refractivity contribution in [2.75, 3.05) is 0 Å². The van der Waals surface area contributed by atoms with Gasteiger partial charge in [0.25, 0.3) is 18.1 Å². The molecule has 2 aromatic carbocycles. The maximum absolute atomic E-state index is 11.2. The van der Waals surface area contributed by atoms with Gasteiger partial charge >= 0.3 is 0 Å². The summed E-state index contributed by atoms with van der Waals surface area (Å²) >= 11 is 0. The maximum Gasteiger partial charge on any atom is 0.298 e. The van der Waals surface area contributed by atoms with Crippen LogP contribution in [0.5, 0.6) is 5.75 Å². The Balaban J connectivity index is 2.99. The molecule has 6 nitrogen and oxygen atoms in total. The molecule has 0 unspecified atom stereocenters. The van der Waals surface area contributed by atoms with Crippen molar-refractivity contribution < 1.29 is 18.1 Å². The highest BCUT2D eigenvalue weighted by Crippen LogP contribution is 2.40. The molecular weight excluding hydrogens is 267 g/mol. The summed E-state index contributed by atoms with van der Waals surface area (Å²) in [5, 5.41) is 17.4. The highest BCUT2D eigenvalue weighted by atomic mass is 32.2. The van der Waals surface area contributed by atoms with Crippen LogP contribution in [0.2, 0.25) is 0 Å². The van der Waals surface area contributed by atoms with Crippen LogP contribution in [0.25, 0.3) is 10.8 Å². The molecule has 2 aromatic rings. The molecule has 0 spiro atoms. The van der Waals surface area contributed by atoms with Crippen LogP contribution in [0, 0.1) is 6.92 Å². The van der Waals surface area contributed by atoms with Gasteiger partial charge in [-0.05, 0) is 18.4 Å². The van der Waals surface area contributed by atoms with Crippen molar-refractivity contribution in [3.05, 3.63) is 29.8 Å². The van der Waals surface area contributed by atoms with Gasteiger partial charge in [0.1, 0.15) is 10.6 Å². The van der Waals surface area contributed by atoms with Crippen LogP contribution < -0.4 is 0 Å². The van der Waals surface area contributed by atoms with Crippen molar-refractivity contribution in [1.29, 1.82) is 0 Å². The van der Waals surface area contributed by atoms with E-state index in [1.54, 1.807) is 18.2 Å². The first-order valence-electron chi connectivity index (χ1n) is 5.19. The summed E-state index contributed by atoms with van der Waals surface area (Å²) in [5.74, 6) is -0.687. The van der Waals surface area contributed by atoms with Gasteiger partial charge in [-0.3, -0.25) is 9.58 Å². The maximum atomic E-state index is 11.2. The van der Waals surface area contributed by atoms with E-state index < -0.39 is 20.8 Å². The lowest BCUT2D eigenvalue weighted by atomic mass is 10.1. The lowest BCUT2D eigenvalue weighted by Crippen LogP contribution is -1.99. The van der Waals surface area contributed by atoms with Crippen LogP contribution in [-0.4, -0.2) is 26.1 Å². The minimum Gasteiger partial charge on any atom is -0.504 e. The van der Waals surface area contributed by atoms with Gasteiger partial charge in [0, 0.05) is 5.39 Å². The number of aryl methyl sites for hydroxylation is 1. The predicted octanol–water partition coefficient (Wildman–Crippen LogP) is 2.27. The minimum absolute atomic E-state index is 0.104. The van der Waals surface area contributed by atoms with E-state index in [2.05, 4.69) is 10.1 Å². The zero-order valence-corrected chi connectivity index (χ0v) is 10.7. The summed E-state index contributed by atoms with van der Waals surface area (Å²) in [6.07, 6.45) is 0. The Kier molecular flexibility index (Phi) is 3.29. The molecule has 0 saturated carbocycles. The Morgan fingerprint density at radius 3 is 2.53 bits per heavy atom. The van der Waals surface area contributed by atoms with Crippen molar-refractivity contribution in [3.63, 3.8) is 0 Å². The van der Waals surface area contributed by atoms with Gasteiger partial charge in [0.05, 0.1) is 0 Å². The Hall–Kier alpha value is -1.93. The summed E-state index contributed by atoms with van der Waals surface area (Å²) in [4.78, 5) is -0.631. The fraction of sp³-hybridized carbons (Fsp3) is 0.0909. The molecule has 2 N–H and O–H groups in total. The Morgan fingerprint density at radius 1 is 1.26 bits per heavy atom. The van der Waals surface area contributed by atoms with Gasteiger partial charge in [-0.1, -0.05) is 23.8 Å². The second-order valence-electron chi connectivity index (χ2n) is 3.99. The van der Waals surface area contributed by atoms with Gasteiger partial charge in [0.15, 0.2) is 5.75 Å². The van der Waals surface area contributed by atoms with E-state index in [1.165, 1.54) is 6.07 Å². The standard InChI is InChI=1S/C11H9BN2O4S/c1-6-2-3-8-7(4-6)5-9(19(16,17)18)11(15)10(8)13-14-12/h2-5,15H,1H3,(H,16,17,18). The summed E-state index contributed by atoms with van der Waals surface area (Å²) in [6, 6.07) is 6.29. The van der Waals surface area contributed by atoms with Gasteiger partial charge in [-0.25, -0.2) is 0 Å². The molecule has 0 aliphatic carbocycles. The number of fused-ring (bicyclic) bond motifs is 1. The highest BCUT2D eigenvalue weighted by molar-refractivity contribution is 7.86. The molecule has 0 aliphatic heterocycles. The number of rotatable bonds is 2. The van der Waals surface area contributed by atoms with Gasteiger partial charge in [-0.2, -0.15) is 13.5 Å². The van der Waals surface area contributed by atoms with Crippen LogP contribution >= 0.6 is 0 Å². The fourth-order valence-corrected chi connectivity index (χ4v) is 2.44. The number of hydrogen-bond donors (Lipinski definition) is 2. The zero-order valence-electron chi connectivity index (χ0n) is 9.90. The topological polar surface area (TPSA) is 99.3 Å². The van der Waals surface area contributed by atoms with E-state index in [-0.39, 0.29) is 5.69 Å². The molecular formula is C11H9BN2O4S. The van der Waals surface area contributed by atoms with E-state index in [9.17, 15) is 13.5 Å². The van der Waals surface area contributed by atoms with E-state index in [0.717, 1.165) is 5.56 Å². The summed E-state index contributed by atoms with van der Waals surface area (Å²) in [7, 11) is 0.374. The van der Waals surface area contributed by atoms with Crippen molar-refractivity contribution >= 4 is 34.6 Å². The summed E-state index contributed by atoms with van der Waals surface area (Å²) < 4.78 is 31.6. The second-order valence-corrected chi connectivity index (χ2v) is 5.38. The normalized spacial score (nSPS) is 12.3. The third-order valence-corrected chi connectivity index (χ3v) is 3.51. The van der Waals surface area contributed by atoms with Crippen LogP contribution in [0.4, 0.5) is 5.69 Å². The first-order valence-corrected chi connectivity index (χ1v) is 6.63. The highest BCUT2D eigenvalue weighted by Gasteiger charge is 2.21. The van der Waals surface area contributed by atoms with Crippen molar-refractivity contribution in [3.8, 4) is 5.75 Å². The van der Waals surface area contributed by atoms with Crippen molar-refractivity contribution in [1.82, 2.24) is 0 Å². The molecule has 8 heteroatoms. The monoisotopic (exact) mass is 276 g/mol. The van der Waals surface area contributed by atoms with Gasteiger partial charge in [-0.15, -0.1) is 0 Å². The number of hydrogen-bond acceptors (Lipinski definition) is 5. The van der Waals surface area contributed by atoms with Crippen molar-refractivity contribution in [2.24, 2.45) is 10.1 Å². The fourth-order valence-electron chi connectivity index (χ4n) is 1.83. The number of aromatic hydroxyl groups is 1. The smallest absolute Gasteiger partial charge is 0.298 e.